The largest absolute Gasteiger partial charge is 0.265 e. The topological polar surface area (TPSA) is 83.0 Å². The van der Waals surface area contributed by atoms with E-state index in [2.05, 4.69) is 16.1 Å². The minimum atomic E-state index is -3.52. The number of benzene rings is 1. The van der Waals surface area contributed by atoms with Gasteiger partial charge in [-0.1, -0.05) is 12.1 Å². The zero-order valence-corrected chi connectivity index (χ0v) is 11.7. The molecule has 0 bridgehead atoms. The summed E-state index contributed by atoms with van der Waals surface area (Å²) in [6, 6.07) is 7.76. The van der Waals surface area contributed by atoms with Crippen molar-refractivity contribution in [2.45, 2.75) is 20.0 Å². The van der Waals surface area contributed by atoms with E-state index in [1.807, 2.05) is 31.2 Å². The molecule has 1 heterocycles. The van der Waals surface area contributed by atoms with Crippen LogP contribution in [-0.2, 0) is 14.3 Å². The molecule has 0 fully saturated rings. The number of aryl methyl sites for hydroxylation is 1. The first-order valence-corrected chi connectivity index (χ1v) is 7.52. The number of hydrazine groups is 2. The fourth-order valence-corrected chi connectivity index (χ4v) is 2.26. The summed E-state index contributed by atoms with van der Waals surface area (Å²) in [5.74, 6) is 0.395. The number of hydrazone groups is 1. The highest BCUT2D eigenvalue weighted by Gasteiger charge is 2.23. The molecular formula is C11H16N4O3S. The first-order chi connectivity index (χ1) is 8.85. The van der Waals surface area contributed by atoms with Crippen LogP contribution in [0.3, 0.4) is 0 Å². The predicted octanol–water partition coefficient (Wildman–Crippen LogP) is 0.502. The van der Waals surface area contributed by atoms with Crippen LogP contribution in [0.4, 0.5) is 5.69 Å². The van der Waals surface area contributed by atoms with Gasteiger partial charge in [-0.25, -0.2) is 0 Å². The molecule has 0 amide bonds. The second-order valence-electron chi connectivity index (χ2n) is 4.33. The van der Waals surface area contributed by atoms with Crippen LogP contribution in [-0.4, -0.2) is 26.6 Å². The van der Waals surface area contributed by atoms with Crippen LogP contribution in [0.2, 0.25) is 0 Å². The normalized spacial score (nSPS) is 16.6. The molecule has 0 aromatic heterocycles. The maximum Gasteiger partial charge on any atom is 0.265 e. The second-order valence-corrected chi connectivity index (χ2v) is 5.93. The summed E-state index contributed by atoms with van der Waals surface area (Å²) in [4.78, 5) is 0. The molecule has 1 aromatic rings. The number of amidine groups is 1. The third-order valence-corrected chi connectivity index (χ3v) is 3.10. The highest BCUT2D eigenvalue weighted by Crippen LogP contribution is 2.14. The van der Waals surface area contributed by atoms with Crippen LogP contribution in [0.25, 0.3) is 0 Å². The lowest BCUT2D eigenvalue weighted by Gasteiger charge is -2.19. The third-order valence-electron chi connectivity index (χ3n) is 2.46. The summed E-state index contributed by atoms with van der Waals surface area (Å²) in [5.41, 5.74) is 7.66. The van der Waals surface area contributed by atoms with Crippen LogP contribution in [0.1, 0.15) is 12.5 Å². The molecule has 0 saturated carbocycles. The van der Waals surface area contributed by atoms with Crippen molar-refractivity contribution >= 4 is 21.6 Å². The Labute approximate surface area is 112 Å². The van der Waals surface area contributed by atoms with E-state index >= 15 is 0 Å². The molecule has 104 valence electrons. The highest BCUT2D eigenvalue weighted by atomic mass is 32.2. The first-order valence-electron chi connectivity index (χ1n) is 5.70. The Balaban J connectivity index is 2.03. The molecule has 0 spiro atoms. The molecule has 0 radical (unpaired) electrons. The maximum atomic E-state index is 11.1. The molecule has 0 aliphatic carbocycles. The predicted molar refractivity (Wildman–Crippen MR) is 72.8 cm³/mol. The van der Waals surface area contributed by atoms with Crippen molar-refractivity contribution in [1.29, 1.82) is 0 Å². The van der Waals surface area contributed by atoms with Gasteiger partial charge in [0.2, 0.25) is 0 Å². The molecular weight excluding hydrogens is 268 g/mol. The Kier molecular flexibility index (Phi) is 3.63. The van der Waals surface area contributed by atoms with Crippen molar-refractivity contribution in [3.05, 3.63) is 29.8 Å². The minimum absolute atomic E-state index is 0.395. The molecule has 0 saturated heterocycles. The number of nitrogens with zero attached hydrogens (tertiary/aromatic N) is 2. The van der Waals surface area contributed by atoms with Gasteiger partial charge in [-0.2, -0.15) is 19.1 Å². The Hall–Kier alpha value is -1.80. The van der Waals surface area contributed by atoms with Gasteiger partial charge in [0, 0.05) is 0 Å². The maximum absolute atomic E-state index is 11.1. The molecule has 1 atom stereocenters. The summed E-state index contributed by atoms with van der Waals surface area (Å²) in [6.07, 6.45) is 0.322. The van der Waals surface area contributed by atoms with Gasteiger partial charge < -0.3 is 0 Å². The highest BCUT2D eigenvalue weighted by molar-refractivity contribution is 7.86. The van der Waals surface area contributed by atoms with Gasteiger partial charge >= 0.3 is 0 Å². The lowest BCUT2D eigenvalue weighted by Crippen LogP contribution is -2.44. The molecule has 8 heteroatoms. The SMILES string of the molecule is Cc1cccc(N2NN=C(C(C)OS(C)(=O)=O)N2)c1. The zero-order chi connectivity index (χ0) is 14.0. The standard InChI is InChI=1S/C11H16N4O3S/c1-8-5-4-6-10(7-8)15-13-11(12-14-15)9(2)18-19(3,16)17/h4-7,9,14H,1-3H3,(H,12,13). The summed E-state index contributed by atoms with van der Waals surface area (Å²) in [7, 11) is -3.52. The number of nitrogens with one attached hydrogen (secondary N) is 2. The Morgan fingerprint density at radius 3 is 2.79 bits per heavy atom. The van der Waals surface area contributed by atoms with E-state index in [1.165, 1.54) is 0 Å². The molecule has 19 heavy (non-hydrogen) atoms. The van der Waals surface area contributed by atoms with Crippen LogP contribution < -0.4 is 16.1 Å². The van der Waals surface area contributed by atoms with E-state index < -0.39 is 16.2 Å². The number of hydrogen-bond acceptors (Lipinski definition) is 7. The molecule has 2 N–H and O–H groups in total. The average molecular weight is 284 g/mol. The molecule has 1 unspecified atom stereocenters. The molecule has 7 nitrogen and oxygen atoms in total. The first kappa shape index (κ1) is 13.6. The van der Waals surface area contributed by atoms with E-state index in [0.717, 1.165) is 17.5 Å². The lowest BCUT2D eigenvalue weighted by molar-refractivity contribution is 0.291. The van der Waals surface area contributed by atoms with Gasteiger partial charge in [0.25, 0.3) is 10.1 Å². The van der Waals surface area contributed by atoms with Crippen molar-refractivity contribution in [2.24, 2.45) is 5.10 Å². The fourth-order valence-electron chi connectivity index (χ4n) is 1.65. The van der Waals surface area contributed by atoms with E-state index in [-0.39, 0.29) is 0 Å². The Morgan fingerprint density at radius 2 is 2.16 bits per heavy atom. The lowest BCUT2D eigenvalue weighted by atomic mass is 10.2. The Bertz CT molecular complexity index is 600. The van der Waals surface area contributed by atoms with E-state index in [0.29, 0.717) is 5.84 Å². The number of anilines is 1. The van der Waals surface area contributed by atoms with Crippen molar-refractivity contribution in [2.75, 3.05) is 11.4 Å². The van der Waals surface area contributed by atoms with Gasteiger partial charge in [-0.3, -0.25) is 9.61 Å². The Morgan fingerprint density at radius 1 is 1.42 bits per heavy atom. The van der Waals surface area contributed by atoms with Crippen LogP contribution in [0, 0.1) is 6.92 Å². The number of rotatable bonds is 4. The summed E-state index contributed by atoms with van der Waals surface area (Å²) in [5, 5.41) is 5.59. The van der Waals surface area contributed by atoms with Gasteiger partial charge in [0.15, 0.2) is 5.84 Å². The van der Waals surface area contributed by atoms with E-state index in [1.54, 1.807) is 12.0 Å². The van der Waals surface area contributed by atoms with Crippen LogP contribution in [0.5, 0.6) is 0 Å². The average Bonchev–Trinajstić information content (AvgIpc) is 2.75. The van der Waals surface area contributed by atoms with Crippen LogP contribution >= 0.6 is 0 Å². The molecule has 1 aliphatic heterocycles. The second kappa shape index (κ2) is 5.06. The van der Waals surface area contributed by atoms with Crippen molar-refractivity contribution < 1.29 is 12.6 Å². The van der Waals surface area contributed by atoms with Crippen molar-refractivity contribution in [3.8, 4) is 0 Å². The molecule has 1 aromatic carbocycles. The van der Waals surface area contributed by atoms with E-state index in [9.17, 15) is 8.42 Å². The zero-order valence-electron chi connectivity index (χ0n) is 10.9. The van der Waals surface area contributed by atoms with Gasteiger partial charge in [0.1, 0.15) is 6.10 Å². The quantitative estimate of drug-likeness (QED) is 0.784. The summed E-state index contributed by atoms with van der Waals surface area (Å²) < 4.78 is 27.0. The minimum Gasteiger partial charge on any atom is -0.261 e. The number of hydrogen-bond donors (Lipinski definition) is 2. The van der Waals surface area contributed by atoms with Gasteiger partial charge in [0.05, 0.1) is 11.9 Å². The van der Waals surface area contributed by atoms with Gasteiger partial charge in [-0.05, 0) is 31.5 Å². The summed E-state index contributed by atoms with van der Waals surface area (Å²) >= 11 is 0. The van der Waals surface area contributed by atoms with Gasteiger partial charge in [-0.15, -0.1) is 5.10 Å². The summed E-state index contributed by atoms with van der Waals surface area (Å²) in [6.45, 7) is 3.59. The van der Waals surface area contributed by atoms with E-state index in [4.69, 9.17) is 4.18 Å². The van der Waals surface area contributed by atoms with Crippen LogP contribution in [0.15, 0.2) is 29.4 Å². The van der Waals surface area contributed by atoms with Crippen molar-refractivity contribution in [1.82, 2.24) is 11.0 Å². The molecule has 2 rings (SSSR count). The smallest absolute Gasteiger partial charge is 0.261 e. The third kappa shape index (κ3) is 3.58. The fraction of sp³-hybridized carbons (Fsp3) is 0.364. The molecule has 1 aliphatic rings. The van der Waals surface area contributed by atoms with Crippen molar-refractivity contribution in [3.63, 3.8) is 0 Å². The monoisotopic (exact) mass is 284 g/mol.